The molecular weight excluding hydrogens is 214 g/mol. The number of aromatic amines is 1. The van der Waals surface area contributed by atoms with Gasteiger partial charge < -0.3 is 15.6 Å². The van der Waals surface area contributed by atoms with Crippen LogP contribution >= 0.6 is 0 Å². The van der Waals surface area contributed by atoms with Crippen LogP contribution < -0.4 is 10.6 Å². The van der Waals surface area contributed by atoms with Crippen molar-refractivity contribution in [1.82, 2.24) is 15.0 Å². The number of likely N-dealkylation sites (N-methyl/N-ethyl adjacent to an activating group) is 1. The van der Waals surface area contributed by atoms with Gasteiger partial charge in [-0.1, -0.05) is 0 Å². The van der Waals surface area contributed by atoms with E-state index in [1.54, 1.807) is 0 Å². The molecule has 0 saturated carbocycles. The van der Waals surface area contributed by atoms with Crippen molar-refractivity contribution in [3.8, 4) is 11.3 Å². The predicted molar refractivity (Wildman–Crippen MR) is 68.7 cm³/mol. The fraction of sp³-hybridized carbons (Fsp3) is 0.333. The van der Waals surface area contributed by atoms with Crippen molar-refractivity contribution in [3.63, 3.8) is 0 Å². The molecule has 0 spiro atoms. The largest absolute Gasteiger partial charge is 0.361 e. The second-order valence-electron chi connectivity index (χ2n) is 4.05. The van der Waals surface area contributed by atoms with E-state index >= 15 is 0 Å². The van der Waals surface area contributed by atoms with Gasteiger partial charge in [-0.25, -0.2) is 9.97 Å². The topological polar surface area (TPSA) is 70.8 Å². The number of hydrogen-bond acceptors (Lipinski definition) is 4. The Labute approximate surface area is 101 Å². The first-order valence-corrected chi connectivity index (χ1v) is 5.61. The summed E-state index contributed by atoms with van der Waals surface area (Å²) in [4.78, 5) is 13.8. The lowest BCUT2D eigenvalue weighted by Crippen LogP contribution is -2.36. The summed E-state index contributed by atoms with van der Waals surface area (Å²) in [5, 5.41) is 0. The van der Waals surface area contributed by atoms with Crippen LogP contribution in [0, 0.1) is 0 Å². The Hall–Kier alpha value is -1.88. The van der Waals surface area contributed by atoms with Crippen molar-refractivity contribution in [2.45, 2.75) is 13.0 Å². The van der Waals surface area contributed by atoms with Gasteiger partial charge in [0.05, 0.1) is 0 Å². The number of aromatic nitrogens is 3. The van der Waals surface area contributed by atoms with Gasteiger partial charge in [-0.05, 0) is 19.1 Å². The monoisotopic (exact) mass is 231 g/mol. The molecule has 2 aromatic rings. The minimum absolute atomic E-state index is 0.228. The van der Waals surface area contributed by atoms with E-state index in [0.29, 0.717) is 12.5 Å². The molecule has 3 N–H and O–H groups in total. The molecule has 0 fully saturated rings. The second kappa shape index (κ2) is 4.97. The van der Waals surface area contributed by atoms with Gasteiger partial charge in [0.1, 0.15) is 0 Å². The van der Waals surface area contributed by atoms with Crippen LogP contribution in [0.15, 0.2) is 30.7 Å². The van der Waals surface area contributed by atoms with Crippen molar-refractivity contribution in [2.75, 3.05) is 18.5 Å². The Morgan fingerprint density at radius 2 is 2.12 bits per heavy atom. The zero-order chi connectivity index (χ0) is 12.3. The molecule has 0 aliphatic heterocycles. The van der Waals surface area contributed by atoms with Crippen molar-refractivity contribution in [2.24, 2.45) is 5.73 Å². The zero-order valence-electron chi connectivity index (χ0n) is 10.1. The van der Waals surface area contributed by atoms with Crippen LogP contribution in [0.25, 0.3) is 11.3 Å². The third-order valence-corrected chi connectivity index (χ3v) is 2.86. The van der Waals surface area contributed by atoms with Crippen LogP contribution in [-0.4, -0.2) is 34.6 Å². The highest BCUT2D eigenvalue weighted by atomic mass is 15.2. The molecule has 2 aromatic heterocycles. The smallest absolute Gasteiger partial charge is 0.225 e. The Bertz CT molecular complexity index is 448. The normalized spacial score (nSPS) is 12.4. The van der Waals surface area contributed by atoms with Gasteiger partial charge in [0.15, 0.2) is 0 Å². The molecule has 17 heavy (non-hydrogen) atoms. The summed E-state index contributed by atoms with van der Waals surface area (Å²) in [5.41, 5.74) is 7.61. The number of anilines is 1. The molecule has 0 bridgehead atoms. The zero-order valence-corrected chi connectivity index (χ0v) is 10.1. The van der Waals surface area contributed by atoms with Gasteiger partial charge in [-0.2, -0.15) is 0 Å². The summed E-state index contributed by atoms with van der Waals surface area (Å²) in [6, 6.07) is 4.17. The second-order valence-corrected chi connectivity index (χ2v) is 4.05. The van der Waals surface area contributed by atoms with E-state index in [1.807, 2.05) is 49.6 Å². The van der Waals surface area contributed by atoms with Crippen LogP contribution in [0.2, 0.25) is 0 Å². The predicted octanol–water partition coefficient (Wildman–Crippen LogP) is 1.26. The van der Waals surface area contributed by atoms with Gasteiger partial charge in [0.25, 0.3) is 0 Å². The standard InChI is InChI=1S/C12H17N5/c1-9(6-13)17(2)12-15-7-10(8-16-12)11-4-3-5-14-11/h3-5,7-9,14H,6,13H2,1-2H3. The fourth-order valence-electron chi connectivity index (χ4n) is 1.51. The van der Waals surface area contributed by atoms with E-state index in [4.69, 9.17) is 5.73 Å². The van der Waals surface area contributed by atoms with E-state index in [0.717, 1.165) is 11.3 Å². The Kier molecular flexibility index (Phi) is 3.39. The van der Waals surface area contributed by atoms with Crippen LogP contribution in [0.1, 0.15) is 6.92 Å². The SMILES string of the molecule is CC(CN)N(C)c1ncc(-c2ccc[nH]2)cn1. The lowest BCUT2D eigenvalue weighted by Gasteiger charge is -2.23. The van der Waals surface area contributed by atoms with Crippen molar-refractivity contribution < 1.29 is 0 Å². The van der Waals surface area contributed by atoms with E-state index in [-0.39, 0.29) is 6.04 Å². The highest BCUT2D eigenvalue weighted by Crippen LogP contribution is 2.16. The Balaban J connectivity index is 2.18. The van der Waals surface area contributed by atoms with Crippen LogP contribution in [-0.2, 0) is 0 Å². The molecule has 2 heterocycles. The van der Waals surface area contributed by atoms with E-state index < -0.39 is 0 Å². The molecule has 1 atom stereocenters. The molecule has 0 aliphatic carbocycles. The number of hydrogen-bond donors (Lipinski definition) is 2. The molecule has 90 valence electrons. The van der Waals surface area contributed by atoms with Gasteiger partial charge in [0, 0.05) is 49.5 Å². The maximum absolute atomic E-state index is 5.62. The number of H-pyrrole nitrogens is 1. The average Bonchev–Trinajstić information content (AvgIpc) is 2.91. The molecule has 0 aliphatic rings. The van der Waals surface area contributed by atoms with Crippen LogP contribution in [0.5, 0.6) is 0 Å². The third kappa shape index (κ3) is 2.45. The lowest BCUT2D eigenvalue weighted by atomic mass is 10.2. The van der Waals surface area contributed by atoms with Gasteiger partial charge >= 0.3 is 0 Å². The van der Waals surface area contributed by atoms with Gasteiger partial charge in [0.2, 0.25) is 5.95 Å². The number of nitrogens with one attached hydrogen (secondary N) is 1. The maximum Gasteiger partial charge on any atom is 0.225 e. The highest BCUT2D eigenvalue weighted by Gasteiger charge is 2.10. The molecule has 0 amide bonds. The summed E-state index contributed by atoms with van der Waals surface area (Å²) in [6.07, 6.45) is 5.51. The summed E-state index contributed by atoms with van der Waals surface area (Å²) < 4.78 is 0. The van der Waals surface area contributed by atoms with Crippen molar-refractivity contribution in [1.29, 1.82) is 0 Å². The number of nitrogens with zero attached hydrogens (tertiary/aromatic N) is 3. The van der Waals surface area contributed by atoms with E-state index in [1.165, 1.54) is 0 Å². The molecule has 0 radical (unpaired) electrons. The van der Waals surface area contributed by atoms with E-state index in [2.05, 4.69) is 15.0 Å². The van der Waals surface area contributed by atoms with E-state index in [9.17, 15) is 0 Å². The highest BCUT2D eigenvalue weighted by molar-refractivity contribution is 5.57. The first-order chi connectivity index (χ1) is 8.22. The summed E-state index contributed by atoms with van der Waals surface area (Å²) >= 11 is 0. The number of rotatable bonds is 4. The lowest BCUT2D eigenvalue weighted by molar-refractivity contribution is 0.678. The minimum Gasteiger partial charge on any atom is -0.361 e. The summed E-state index contributed by atoms with van der Waals surface area (Å²) in [6.45, 7) is 2.63. The van der Waals surface area contributed by atoms with Crippen LogP contribution in [0.4, 0.5) is 5.95 Å². The third-order valence-electron chi connectivity index (χ3n) is 2.86. The van der Waals surface area contributed by atoms with Crippen molar-refractivity contribution in [3.05, 3.63) is 30.7 Å². The quantitative estimate of drug-likeness (QED) is 0.831. The fourth-order valence-corrected chi connectivity index (χ4v) is 1.51. The summed E-state index contributed by atoms with van der Waals surface area (Å²) in [5.74, 6) is 0.693. The van der Waals surface area contributed by atoms with Crippen LogP contribution in [0.3, 0.4) is 0 Å². The maximum atomic E-state index is 5.62. The molecule has 5 nitrogen and oxygen atoms in total. The molecule has 1 unspecified atom stereocenters. The Morgan fingerprint density at radius 1 is 1.41 bits per heavy atom. The molecule has 0 aromatic carbocycles. The first kappa shape index (κ1) is 11.6. The Morgan fingerprint density at radius 3 is 2.65 bits per heavy atom. The summed E-state index contributed by atoms with van der Waals surface area (Å²) in [7, 11) is 1.95. The number of nitrogens with two attached hydrogens (primary N) is 1. The molecule has 2 rings (SSSR count). The van der Waals surface area contributed by atoms with Gasteiger partial charge in [-0.15, -0.1) is 0 Å². The van der Waals surface area contributed by atoms with Crippen molar-refractivity contribution >= 4 is 5.95 Å². The first-order valence-electron chi connectivity index (χ1n) is 5.61. The van der Waals surface area contributed by atoms with Gasteiger partial charge in [-0.3, -0.25) is 0 Å². The molecule has 5 heteroatoms. The molecule has 0 saturated heterocycles. The molecular formula is C12H17N5. The average molecular weight is 231 g/mol. The minimum atomic E-state index is 0.228.